The van der Waals surface area contributed by atoms with Crippen molar-refractivity contribution in [3.63, 3.8) is 0 Å². The number of nitrogens with zero attached hydrogens (tertiary/aromatic N) is 1. The van der Waals surface area contributed by atoms with E-state index in [2.05, 4.69) is 32.8 Å². The van der Waals surface area contributed by atoms with Gasteiger partial charge in [0, 0.05) is 16.4 Å². The Morgan fingerprint density at radius 2 is 2.29 bits per heavy atom. The molecule has 3 N–H and O–H groups in total. The Labute approximate surface area is 133 Å². The molecule has 0 bridgehead atoms. The quantitative estimate of drug-likeness (QED) is 0.775. The minimum Gasteiger partial charge on any atom is -0.396 e. The normalized spacial score (nSPS) is 12.0. The highest BCUT2D eigenvalue weighted by molar-refractivity contribution is 9.10. The third-order valence-electron chi connectivity index (χ3n) is 3.09. The standard InChI is InChI=1S/C17H18BrN3/c1-3-5-6-12(4-2)10-21-17-14-9-13(18)7-8-16(14)20-11-15(17)19/h3-9,11H,2,10,19H2,1H3,(H,20,21)/b5-3-,12-6+. The number of halogens is 1. The van der Waals surface area contributed by atoms with Gasteiger partial charge in [-0.1, -0.05) is 46.8 Å². The molecule has 0 fully saturated rings. The van der Waals surface area contributed by atoms with Gasteiger partial charge >= 0.3 is 0 Å². The van der Waals surface area contributed by atoms with Crippen LogP contribution in [0.15, 0.2) is 65.3 Å². The van der Waals surface area contributed by atoms with Gasteiger partial charge in [0.25, 0.3) is 0 Å². The summed E-state index contributed by atoms with van der Waals surface area (Å²) in [7, 11) is 0. The summed E-state index contributed by atoms with van der Waals surface area (Å²) < 4.78 is 0.999. The topological polar surface area (TPSA) is 50.9 Å². The van der Waals surface area contributed by atoms with Gasteiger partial charge in [-0.2, -0.15) is 0 Å². The van der Waals surface area contributed by atoms with Gasteiger partial charge in [-0.05, 0) is 30.7 Å². The van der Waals surface area contributed by atoms with Crippen LogP contribution in [0.2, 0.25) is 0 Å². The van der Waals surface area contributed by atoms with Gasteiger partial charge in [0.15, 0.2) is 0 Å². The number of allylic oxidation sites excluding steroid dienone is 3. The van der Waals surface area contributed by atoms with Crippen LogP contribution in [-0.2, 0) is 0 Å². The number of rotatable bonds is 5. The van der Waals surface area contributed by atoms with Crippen LogP contribution in [-0.4, -0.2) is 11.5 Å². The lowest BCUT2D eigenvalue weighted by Gasteiger charge is -2.13. The number of hydrogen-bond donors (Lipinski definition) is 2. The van der Waals surface area contributed by atoms with Crippen molar-refractivity contribution in [1.82, 2.24) is 4.98 Å². The summed E-state index contributed by atoms with van der Waals surface area (Å²) in [6.45, 7) is 6.47. The number of benzene rings is 1. The lowest BCUT2D eigenvalue weighted by Crippen LogP contribution is -2.07. The second-order valence-electron chi connectivity index (χ2n) is 4.58. The Hall–Kier alpha value is -2.07. The molecule has 3 nitrogen and oxygen atoms in total. The monoisotopic (exact) mass is 343 g/mol. The summed E-state index contributed by atoms with van der Waals surface area (Å²) >= 11 is 3.49. The van der Waals surface area contributed by atoms with E-state index in [0.717, 1.165) is 26.6 Å². The first-order chi connectivity index (χ1) is 10.2. The van der Waals surface area contributed by atoms with Gasteiger partial charge < -0.3 is 11.1 Å². The molecule has 108 valence electrons. The van der Waals surface area contributed by atoms with E-state index in [0.29, 0.717) is 12.2 Å². The predicted molar refractivity (Wildman–Crippen MR) is 95.4 cm³/mol. The van der Waals surface area contributed by atoms with Gasteiger partial charge in [0.05, 0.1) is 23.1 Å². The zero-order valence-electron chi connectivity index (χ0n) is 11.9. The molecule has 0 saturated carbocycles. The minimum atomic E-state index is 0.634. The van der Waals surface area contributed by atoms with Gasteiger partial charge in [-0.25, -0.2) is 0 Å². The molecular formula is C17H18BrN3. The van der Waals surface area contributed by atoms with Gasteiger partial charge in [0.1, 0.15) is 0 Å². The van der Waals surface area contributed by atoms with Crippen LogP contribution < -0.4 is 11.1 Å². The van der Waals surface area contributed by atoms with Crippen LogP contribution in [0.3, 0.4) is 0 Å². The van der Waals surface area contributed by atoms with Crippen molar-refractivity contribution in [2.45, 2.75) is 6.92 Å². The number of anilines is 2. The second-order valence-corrected chi connectivity index (χ2v) is 5.49. The maximum absolute atomic E-state index is 6.06. The molecule has 0 radical (unpaired) electrons. The molecular weight excluding hydrogens is 326 g/mol. The first-order valence-electron chi connectivity index (χ1n) is 6.67. The van der Waals surface area contributed by atoms with Crippen molar-refractivity contribution in [3.8, 4) is 0 Å². The largest absolute Gasteiger partial charge is 0.396 e. The number of nitrogens with one attached hydrogen (secondary N) is 1. The molecule has 2 rings (SSSR count). The Morgan fingerprint density at radius 1 is 1.48 bits per heavy atom. The van der Waals surface area contributed by atoms with E-state index in [4.69, 9.17) is 5.73 Å². The fourth-order valence-electron chi connectivity index (χ4n) is 1.99. The third kappa shape index (κ3) is 3.73. The van der Waals surface area contributed by atoms with Crippen molar-refractivity contribution in [2.24, 2.45) is 0 Å². The first kappa shape index (κ1) is 15.3. The number of pyridine rings is 1. The molecule has 1 heterocycles. The van der Waals surface area contributed by atoms with Crippen LogP contribution in [0.25, 0.3) is 10.9 Å². The zero-order valence-corrected chi connectivity index (χ0v) is 13.5. The molecule has 0 unspecified atom stereocenters. The van der Waals surface area contributed by atoms with Crippen molar-refractivity contribution in [1.29, 1.82) is 0 Å². The van der Waals surface area contributed by atoms with E-state index in [9.17, 15) is 0 Å². The highest BCUT2D eigenvalue weighted by atomic mass is 79.9. The molecule has 0 amide bonds. The number of nitrogen functional groups attached to an aromatic ring is 1. The molecule has 1 aromatic heterocycles. The molecule has 21 heavy (non-hydrogen) atoms. The second kappa shape index (κ2) is 7.09. The highest BCUT2D eigenvalue weighted by Crippen LogP contribution is 2.30. The van der Waals surface area contributed by atoms with Crippen LogP contribution in [0, 0.1) is 0 Å². The molecule has 0 aliphatic rings. The Morgan fingerprint density at radius 3 is 3.00 bits per heavy atom. The van der Waals surface area contributed by atoms with E-state index in [1.165, 1.54) is 0 Å². The van der Waals surface area contributed by atoms with Crippen molar-refractivity contribution >= 4 is 38.2 Å². The van der Waals surface area contributed by atoms with Gasteiger partial charge in [-0.15, -0.1) is 0 Å². The molecule has 0 atom stereocenters. The van der Waals surface area contributed by atoms with Crippen LogP contribution in [0.1, 0.15) is 6.92 Å². The van der Waals surface area contributed by atoms with E-state index in [-0.39, 0.29) is 0 Å². The Bertz CT molecular complexity index is 712. The van der Waals surface area contributed by atoms with E-state index < -0.39 is 0 Å². The third-order valence-corrected chi connectivity index (χ3v) is 3.59. The van der Waals surface area contributed by atoms with Gasteiger partial charge in [-0.3, -0.25) is 4.98 Å². The summed E-state index contributed by atoms with van der Waals surface area (Å²) in [5.74, 6) is 0. The summed E-state index contributed by atoms with van der Waals surface area (Å²) in [5, 5.41) is 4.38. The summed E-state index contributed by atoms with van der Waals surface area (Å²) in [5.41, 5.74) is 9.60. The predicted octanol–water partition coefficient (Wildman–Crippen LogP) is 4.68. The number of hydrogen-bond acceptors (Lipinski definition) is 3. The molecule has 1 aromatic carbocycles. The van der Waals surface area contributed by atoms with Crippen molar-refractivity contribution in [3.05, 3.63) is 65.3 Å². The number of aromatic nitrogens is 1. The summed E-state index contributed by atoms with van der Waals surface area (Å²) in [6.07, 6.45) is 9.51. The molecule has 4 heteroatoms. The summed E-state index contributed by atoms with van der Waals surface area (Å²) in [6, 6.07) is 5.95. The maximum atomic E-state index is 6.06. The molecule has 0 saturated heterocycles. The highest BCUT2D eigenvalue weighted by Gasteiger charge is 2.07. The minimum absolute atomic E-state index is 0.634. The fourth-order valence-corrected chi connectivity index (χ4v) is 2.35. The first-order valence-corrected chi connectivity index (χ1v) is 7.47. The van der Waals surface area contributed by atoms with E-state index in [1.807, 2.05) is 49.4 Å². The Kier molecular flexibility index (Phi) is 5.17. The average Bonchev–Trinajstić information content (AvgIpc) is 2.49. The average molecular weight is 344 g/mol. The lowest BCUT2D eigenvalue weighted by molar-refractivity contribution is 1.26. The molecule has 0 aliphatic heterocycles. The SMILES string of the molecule is C=C/C(=C\C=C/C)CNc1c(N)cnc2ccc(Br)cc12. The number of fused-ring (bicyclic) bond motifs is 1. The van der Waals surface area contributed by atoms with Gasteiger partial charge in [0.2, 0.25) is 0 Å². The van der Waals surface area contributed by atoms with E-state index >= 15 is 0 Å². The van der Waals surface area contributed by atoms with E-state index in [1.54, 1.807) is 6.20 Å². The van der Waals surface area contributed by atoms with Crippen LogP contribution >= 0.6 is 15.9 Å². The fraction of sp³-hybridized carbons (Fsp3) is 0.118. The molecule has 0 aliphatic carbocycles. The molecule has 2 aromatic rings. The smallest absolute Gasteiger partial charge is 0.0743 e. The van der Waals surface area contributed by atoms with Crippen molar-refractivity contribution < 1.29 is 0 Å². The van der Waals surface area contributed by atoms with Crippen LogP contribution in [0.4, 0.5) is 11.4 Å². The lowest BCUT2D eigenvalue weighted by atomic mass is 10.1. The number of nitrogens with two attached hydrogens (primary N) is 1. The Balaban J connectivity index is 2.35. The zero-order chi connectivity index (χ0) is 15.2. The van der Waals surface area contributed by atoms with Crippen LogP contribution in [0.5, 0.6) is 0 Å². The van der Waals surface area contributed by atoms with Crippen molar-refractivity contribution in [2.75, 3.05) is 17.6 Å². The maximum Gasteiger partial charge on any atom is 0.0743 e. The molecule has 0 spiro atoms. The summed E-state index contributed by atoms with van der Waals surface area (Å²) in [4.78, 5) is 4.35.